The fourth-order valence-electron chi connectivity index (χ4n) is 3.25. The number of ether oxygens (including phenoxy) is 1. The largest absolute Gasteiger partial charge is 0.459 e. The fourth-order valence-corrected chi connectivity index (χ4v) is 3.25. The highest BCUT2D eigenvalue weighted by molar-refractivity contribution is 5.81. The molecular formula is C12H18O3. The Morgan fingerprint density at radius 3 is 3.07 bits per heavy atom. The molecule has 2 bridgehead atoms. The van der Waals surface area contributed by atoms with Crippen LogP contribution in [-0.4, -0.2) is 23.8 Å². The molecule has 3 nitrogen and oxygen atoms in total. The maximum Gasteiger partial charge on any atom is 0.330 e. The van der Waals surface area contributed by atoms with Gasteiger partial charge in [-0.2, -0.15) is 0 Å². The van der Waals surface area contributed by atoms with Gasteiger partial charge in [-0.05, 0) is 43.4 Å². The first kappa shape index (κ1) is 10.7. The zero-order chi connectivity index (χ0) is 10.9. The Labute approximate surface area is 90.1 Å². The number of aliphatic hydroxyl groups excluding tert-OH is 1. The second-order valence-corrected chi connectivity index (χ2v) is 4.86. The predicted molar refractivity (Wildman–Crippen MR) is 56.2 cm³/mol. The summed E-state index contributed by atoms with van der Waals surface area (Å²) in [5, 5.41) is 9.03. The van der Waals surface area contributed by atoms with Gasteiger partial charge in [0.2, 0.25) is 0 Å². The van der Waals surface area contributed by atoms with Crippen LogP contribution in [0.2, 0.25) is 0 Å². The lowest BCUT2D eigenvalue weighted by molar-refractivity contribution is -0.145. The van der Waals surface area contributed by atoms with Crippen LogP contribution in [0.15, 0.2) is 12.7 Å². The molecular weight excluding hydrogens is 192 g/mol. The van der Waals surface area contributed by atoms with E-state index in [4.69, 9.17) is 9.84 Å². The van der Waals surface area contributed by atoms with Crippen molar-refractivity contribution in [2.75, 3.05) is 6.61 Å². The van der Waals surface area contributed by atoms with E-state index in [1.165, 1.54) is 12.5 Å². The number of carbonyl (C=O) groups excluding carboxylic acids is 1. The molecule has 0 aliphatic heterocycles. The van der Waals surface area contributed by atoms with Gasteiger partial charge in [0, 0.05) is 12.7 Å². The van der Waals surface area contributed by atoms with E-state index in [0.29, 0.717) is 5.92 Å². The molecule has 0 aromatic heterocycles. The van der Waals surface area contributed by atoms with E-state index in [1.54, 1.807) is 0 Å². The highest BCUT2D eigenvalue weighted by Gasteiger charge is 2.51. The molecule has 0 aromatic rings. The van der Waals surface area contributed by atoms with E-state index < -0.39 is 0 Å². The van der Waals surface area contributed by atoms with Crippen LogP contribution in [-0.2, 0) is 9.53 Å². The molecule has 1 N–H and O–H groups in total. The monoisotopic (exact) mass is 210 g/mol. The van der Waals surface area contributed by atoms with Crippen molar-refractivity contribution in [1.29, 1.82) is 0 Å². The minimum absolute atomic E-state index is 0.0656. The van der Waals surface area contributed by atoms with Crippen molar-refractivity contribution in [2.45, 2.75) is 38.2 Å². The lowest BCUT2D eigenvalue weighted by Crippen LogP contribution is -2.26. The Morgan fingerprint density at radius 2 is 2.40 bits per heavy atom. The van der Waals surface area contributed by atoms with Gasteiger partial charge >= 0.3 is 5.97 Å². The van der Waals surface area contributed by atoms with Gasteiger partial charge in [0.25, 0.3) is 0 Å². The molecule has 2 fully saturated rings. The summed E-state index contributed by atoms with van der Waals surface area (Å²) in [5.74, 6) is 0.201. The van der Waals surface area contributed by atoms with Crippen LogP contribution in [0.3, 0.4) is 0 Å². The van der Waals surface area contributed by atoms with Crippen LogP contribution in [0, 0.1) is 11.3 Å². The third-order valence-electron chi connectivity index (χ3n) is 3.98. The molecule has 3 unspecified atom stereocenters. The van der Waals surface area contributed by atoms with E-state index in [2.05, 4.69) is 6.58 Å². The van der Waals surface area contributed by atoms with E-state index >= 15 is 0 Å². The van der Waals surface area contributed by atoms with Crippen LogP contribution in [0.1, 0.15) is 32.1 Å². The van der Waals surface area contributed by atoms with Crippen molar-refractivity contribution in [1.82, 2.24) is 0 Å². The Bertz CT molecular complexity index is 274. The zero-order valence-electron chi connectivity index (χ0n) is 8.95. The molecule has 2 aliphatic carbocycles. The normalized spacial score (nSPS) is 37.9. The highest BCUT2D eigenvalue weighted by atomic mass is 16.5. The molecule has 3 heteroatoms. The number of rotatable bonds is 4. The van der Waals surface area contributed by atoms with Gasteiger partial charge in [0.1, 0.15) is 6.10 Å². The summed E-state index contributed by atoms with van der Waals surface area (Å²) in [7, 11) is 0. The molecule has 0 amide bonds. The smallest absolute Gasteiger partial charge is 0.330 e. The Hall–Kier alpha value is -0.830. The van der Waals surface area contributed by atoms with E-state index in [9.17, 15) is 4.79 Å². The predicted octanol–water partition coefficient (Wildman–Crippen LogP) is 1.66. The summed E-state index contributed by atoms with van der Waals surface area (Å²) >= 11 is 0. The van der Waals surface area contributed by atoms with Crippen molar-refractivity contribution < 1.29 is 14.6 Å². The average Bonchev–Trinajstić information content (AvgIpc) is 2.75. The van der Waals surface area contributed by atoms with E-state index in [0.717, 1.165) is 25.7 Å². The lowest BCUT2D eigenvalue weighted by Gasteiger charge is -2.28. The third-order valence-corrected chi connectivity index (χ3v) is 3.98. The summed E-state index contributed by atoms with van der Waals surface area (Å²) in [6.45, 7) is 3.65. The summed E-state index contributed by atoms with van der Waals surface area (Å²) in [4.78, 5) is 11.1. The fraction of sp³-hybridized carbons (Fsp3) is 0.750. The van der Waals surface area contributed by atoms with Crippen molar-refractivity contribution in [3.63, 3.8) is 0 Å². The number of aliphatic hydroxyl groups is 1. The van der Waals surface area contributed by atoms with Gasteiger partial charge in [-0.25, -0.2) is 4.79 Å². The molecule has 15 heavy (non-hydrogen) atoms. The first-order valence-electron chi connectivity index (χ1n) is 5.63. The molecule has 2 saturated carbocycles. The molecule has 0 saturated heterocycles. The van der Waals surface area contributed by atoms with Crippen LogP contribution in [0.5, 0.6) is 0 Å². The molecule has 2 rings (SSSR count). The molecule has 0 heterocycles. The lowest BCUT2D eigenvalue weighted by atomic mass is 9.81. The zero-order valence-corrected chi connectivity index (χ0v) is 8.95. The van der Waals surface area contributed by atoms with Crippen molar-refractivity contribution in [3.05, 3.63) is 12.7 Å². The first-order chi connectivity index (χ1) is 7.19. The van der Waals surface area contributed by atoms with Crippen molar-refractivity contribution in [2.24, 2.45) is 11.3 Å². The molecule has 84 valence electrons. The molecule has 3 atom stereocenters. The van der Waals surface area contributed by atoms with E-state index in [1.807, 2.05) is 0 Å². The van der Waals surface area contributed by atoms with Crippen LogP contribution < -0.4 is 0 Å². The summed E-state index contributed by atoms with van der Waals surface area (Å²) < 4.78 is 5.33. The van der Waals surface area contributed by atoms with E-state index in [-0.39, 0.29) is 24.1 Å². The summed E-state index contributed by atoms with van der Waals surface area (Å²) in [5.41, 5.74) is 0.255. The Morgan fingerprint density at radius 1 is 1.60 bits per heavy atom. The quantitative estimate of drug-likeness (QED) is 0.567. The highest BCUT2D eigenvalue weighted by Crippen LogP contribution is 2.56. The van der Waals surface area contributed by atoms with Gasteiger partial charge < -0.3 is 9.84 Å². The number of hydrogen-bond acceptors (Lipinski definition) is 3. The van der Waals surface area contributed by atoms with Crippen LogP contribution >= 0.6 is 0 Å². The van der Waals surface area contributed by atoms with Crippen molar-refractivity contribution >= 4 is 5.97 Å². The average molecular weight is 210 g/mol. The third kappa shape index (κ3) is 1.93. The SMILES string of the molecule is C=CC(=O)OC1CC2(CCO)CCC1C2. The molecule has 0 spiro atoms. The Balaban J connectivity index is 1.96. The number of hydrogen-bond donors (Lipinski definition) is 1. The summed E-state index contributed by atoms with van der Waals surface area (Å²) in [6, 6.07) is 0. The second-order valence-electron chi connectivity index (χ2n) is 4.86. The van der Waals surface area contributed by atoms with Gasteiger partial charge in [0.05, 0.1) is 0 Å². The maximum absolute atomic E-state index is 11.1. The number of fused-ring (bicyclic) bond motifs is 2. The topological polar surface area (TPSA) is 46.5 Å². The Kier molecular flexibility index (Phi) is 2.83. The maximum atomic E-state index is 11.1. The van der Waals surface area contributed by atoms with Gasteiger partial charge in [0.15, 0.2) is 0 Å². The van der Waals surface area contributed by atoms with Crippen LogP contribution in [0.25, 0.3) is 0 Å². The van der Waals surface area contributed by atoms with Gasteiger partial charge in [-0.3, -0.25) is 0 Å². The number of carbonyl (C=O) groups is 1. The second kappa shape index (κ2) is 3.97. The van der Waals surface area contributed by atoms with Crippen LogP contribution in [0.4, 0.5) is 0 Å². The molecule has 0 radical (unpaired) electrons. The minimum atomic E-state index is -0.313. The molecule has 0 aromatic carbocycles. The molecule has 2 aliphatic rings. The standard InChI is InChI=1S/C12H18O3/c1-2-11(14)15-10-8-12(5-6-13)4-3-9(10)7-12/h2,9-10,13H,1,3-8H2. The number of esters is 1. The van der Waals surface area contributed by atoms with Crippen molar-refractivity contribution in [3.8, 4) is 0 Å². The first-order valence-corrected chi connectivity index (χ1v) is 5.63. The minimum Gasteiger partial charge on any atom is -0.459 e. The van der Waals surface area contributed by atoms with Gasteiger partial charge in [-0.1, -0.05) is 6.58 Å². The summed E-state index contributed by atoms with van der Waals surface area (Å²) in [6.07, 6.45) is 6.50. The van der Waals surface area contributed by atoms with Gasteiger partial charge in [-0.15, -0.1) is 0 Å².